The van der Waals surface area contributed by atoms with Crippen molar-refractivity contribution >= 4 is 11.6 Å². The fraction of sp³-hybridized carbons (Fsp3) is 0.474. The summed E-state index contributed by atoms with van der Waals surface area (Å²) >= 11 is 0. The first-order chi connectivity index (χ1) is 12.5. The number of aryl methyl sites for hydroxylation is 1. The Morgan fingerprint density at radius 2 is 2.12 bits per heavy atom. The van der Waals surface area contributed by atoms with Gasteiger partial charge in [-0.15, -0.1) is 0 Å². The first-order valence-electron chi connectivity index (χ1n) is 8.92. The van der Waals surface area contributed by atoms with Crippen LogP contribution < -0.4 is 4.90 Å². The molecule has 1 aromatic heterocycles. The maximum Gasteiger partial charge on any atom is 0.241 e. The Balaban J connectivity index is 1.53. The molecule has 2 aliphatic rings. The Hall–Kier alpha value is -2.25. The molecule has 1 aromatic carbocycles. The molecule has 3 heterocycles. The Labute approximate surface area is 152 Å². The van der Waals surface area contributed by atoms with E-state index in [1.165, 1.54) is 17.8 Å². The molecule has 0 saturated carbocycles. The van der Waals surface area contributed by atoms with Gasteiger partial charge >= 0.3 is 0 Å². The van der Waals surface area contributed by atoms with Crippen molar-refractivity contribution in [2.45, 2.75) is 18.5 Å². The van der Waals surface area contributed by atoms with Gasteiger partial charge in [0.25, 0.3) is 0 Å². The summed E-state index contributed by atoms with van der Waals surface area (Å²) in [5.74, 6) is -0.290. The molecule has 1 unspecified atom stereocenters. The zero-order valence-corrected chi connectivity index (χ0v) is 15.2. The van der Waals surface area contributed by atoms with E-state index in [1.54, 1.807) is 11.0 Å². The number of nitrogens with zero attached hydrogens (tertiary/aromatic N) is 5. The van der Waals surface area contributed by atoms with Gasteiger partial charge in [-0.1, -0.05) is 6.07 Å². The monoisotopic (exact) mass is 357 g/mol. The maximum atomic E-state index is 13.6. The van der Waals surface area contributed by atoms with Gasteiger partial charge in [0.15, 0.2) is 0 Å². The quantitative estimate of drug-likeness (QED) is 0.835. The number of hydrogen-bond acceptors (Lipinski definition) is 4. The Bertz CT molecular complexity index is 822. The summed E-state index contributed by atoms with van der Waals surface area (Å²) in [5.41, 5.74) is 1.73. The highest BCUT2D eigenvalue weighted by Gasteiger charge is 2.47. The lowest BCUT2D eigenvalue weighted by Crippen LogP contribution is -2.64. The summed E-state index contributed by atoms with van der Waals surface area (Å²) in [5, 5.41) is 0. The van der Waals surface area contributed by atoms with E-state index in [9.17, 15) is 9.18 Å². The van der Waals surface area contributed by atoms with Gasteiger partial charge in [-0.25, -0.2) is 9.37 Å². The minimum atomic E-state index is -0.312. The van der Waals surface area contributed by atoms with Crippen molar-refractivity contribution in [1.82, 2.24) is 19.4 Å². The molecule has 7 heteroatoms. The van der Waals surface area contributed by atoms with E-state index in [0.29, 0.717) is 18.8 Å². The third-order valence-electron chi connectivity index (χ3n) is 5.77. The number of aromatic nitrogens is 2. The van der Waals surface area contributed by atoms with Crippen molar-refractivity contribution in [1.29, 1.82) is 0 Å². The molecule has 26 heavy (non-hydrogen) atoms. The number of carbonyl (C=O) groups excluding carboxylic acids is 1. The fourth-order valence-corrected chi connectivity index (χ4v) is 4.12. The van der Waals surface area contributed by atoms with Gasteiger partial charge in [0.05, 0.1) is 24.1 Å². The summed E-state index contributed by atoms with van der Waals surface area (Å²) in [6.07, 6.45) is 4.71. The highest BCUT2D eigenvalue weighted by Crippen LogP contribution is 2.34. The molecule has 0 N–H and O–H groups in total. The first kappa shape index (κ1) is 17.2. The topological polar surface area (TPSA) is 44.6 Å². The SMILES string of the molecule is CN1CC(=O)N(c2cccc(F)c2)CC12CCN(Cc1cncn1C)C2. The predicted molar refractivity (Wildman–Crippen MR) is 97.2 cm³/mol. The summed E-state index contributed by atoms with van der Waals surface area (Å²) in [6, 6.07) is 6.32. The van der Waals surface area contributed by atoms with Crippen LogP contribution in [-0.4, -0.2) is 64.0 Å². The van der Waals surface area contributed by atoms with Gasteiger partial charge in [-0.2, -0.15) is 0 Å². The number of carbonyl (C=O) groups is 1. The minimum Gasteiger partial charge on any atom is -0.337 e. The number of halogens is 1. The first-order valence-corrected chi connectivity index (χ1v) is 8.92. The smallest absolute Gasteiger partial charge is 0.241 e. The molecule has 2 aromatic rings. The van der Waals surface area contributed by atoms with Crippen molar-refractivity contribution in [2.75, 3.05) is 38.1 Å². The van der Waals surface area contributed by atoms with E-state index < -0.39 is 0 Å². The summed E-state index contributed by atoms with van der Waals surface area (Å²) < 4.78 is 15.7. The average Bonchev–Trinajstić information content (AvgIpc) is 3.19. The van der Waals surface area contributed by atoms with Gasteiger partial charge in [-0.3, -0.25) is 14.6 Å². The lowest BCUT2D eigenvalue weighted by Gasteiger charge is -2.47. The Morgan fingerprint density at radius 3 is 2.85 bits per heavy atom. The van der Waals surface area contributed by atoms with E-state index in [1.807, 2.05) is 37.3 Å². The van der Waals surface area contributed by atoms with Gasteiger partial charge in [0, 0.05) is 45.1 Å². The number of likely N-dealkylation sites (tertiary alicyclic amines) is 1. The number of likely N-dealkylation sites (N-methyl/N-ethyl adjacent to an activating group) is 1. The third kappa shape index (κ3) is 3.01. The van der Waals surface area contributed by atoms with Crippen LogP contribution in [0.25, 0.3) is 0 Å². The van der Waals surface area contributed by atoms with Crippen LogP contribution in [0.1, 0.15) is 12.1 Å². The number of hydrogen-bond donors (Lipinski definition) is 0. The largest absolute Gasteiger partial charge is 0.337 e. The second kappa shape index (κ2) is 6.48. The van der Waals surface area contributed by atoms with Crippen LogP contribution in [0, 0.1) is 5.82 Å². The van der Waals surface area contributed by atoms with Crippen LogP contribution in [0.2, 0.25) is 0 Å². The molecular weight excluding hydrogens is 333 g/mol. The van der Waals surface area contributed by atoms with E-state index >= 15 is 0 Å². The zero-order valence-electron chi connectivity index (χ0n) is 15.2. The van der Waals surface area contributed by atoms with Crippen LogP contribution >= 0.6 is 0 Å². The average molecular weight is 357 g/mol. The molecule has 2 aliphatic heterocycles. The second-order valence-corrected chi connectivity index (χ2v) is 7.50. The summed E-state index contributed by atoms with van der Waals surface area (Å²) in [7, 11) is 4.03. The fourth-order valence-electron chi connectivity index (χ4n) is 4.12. The molecule has 0 aliphatic carbocycles. The van der Waals surface area contributed by atoms with Crippen LogP contribution in [0.15, 0.2) is 36.8 Å². The Kier molecular flexibility index (Phi) is 4.28. The maximum absolute atomic E-state index is 13.6. The number of benzene rings is 1. The van der Waals surface area contributed by atoms with E-state index in [4.69, 9.17) is 0 Å². The zero-order chi connectivity index (χ0) is 18.3. The number of imidazole rings is 1. The molecular formula is C19H24FN5O. The van der Waals surface area contributed by atoms with Gasteiger partial charge in [0.2, 0.25) is 5.91 Å². The predicted octanol–water partition coefficient (Wildman–Crippen LogP) is 1.48. The summed E-state index contributed by atoms with van der Waals surface area (Å²) in [6.45, 7) is 3.65. The van der Waals surface area contributed by atoms with Crippen molar-refractivity contribution in [3.63, 3.8) is 0 Å². The van der Waals surface area contributed by atoms with Crippen molar-refractivity contribution in [3.05, 3.63) is 48.3 Å². The van der Waals surface area contributed by atoms with Gasteiger partial charge < -0.3 is 9.47 Å². The molecule has 2 saturated heterocycles. The van der Waals surface area contributed by atoms with Crippen LogP contribution in [0.5, 0.6) is 0 Å². The van der Waals surface area contributed by atoms with Crippen molar-refractivity contribution in [2.24, 2.45) is 7.05 Å². The van der Waals surface area contributed by atoms with Crippen molar-refractivity contribution in [3.8, 4) is 0 Å². The number of amides is 1. The molecule has 2 fully saturated rings. The van der Waals surface area contributed by atoms with Gasteiger partial charge in [0.1, 0.15) is 5.82 Å². The minimum absolute atomic E-state index is 0.0220. The van der Waals surface area contributed by atoms with E-state index in [-0.39, 0.29) is 17.3 Å². The van der Waals surface area contributed by atoms with Crippen LogP contribution in [0.3, 0.4) is 0 Å². The highest BCUT2D eigenvalue weighted by molar-refractivity contribution is 5.96. The molecule has 0 radical (unpaired) electrons. The van der Waals surface area contributed by atoms with Crippen LogP contribution in [-0.2, 0) is 18.4 Å². The lowest BCUT2D eigenvalue weighted by atomic mass is 9.92. The molecule has 1 spiro atoms. The molecule has 1 atom stereocenters. The lowest BCUT2D eigenvalue weighted by molar-refractivity contribution is -0.123. The molecule has 1 amide bonds. The van der Waals surface area contributed by atoms with Crippen molar-refractivity contribution < 1.29 is 9.18 Å². The number of piperazine rings is 1. The molecule has 0 bridgehead atoms. The third-order valence-corrected chi connectivity index (χ3v) is 5.77. The van der Waals surface area contributed by atoms with Crippen LogP contribution in [0.4, 0.5) is 10.1 Å². The summed E-state index contributed by atoms with van der Waals surface area (Å²) in [4.78, 5) is 23.1. The Morgan fingerprint density at radius 1 is 1.27 bits per heavy atom. The van der Waals surface area contributed by atoms with Gasteiger partial charge in [-0.05, 0) is 31.7 Å². The van der Waals surface area contributed by atoms with E-state index in [0.717, 1.165) is 26.1 Å². The number of rotatable bonds is 3. The number of anilines is 1. The molecule has 6 nitrogen and oxygen atoms in total. The highest BCUT2D eigenvalue weighted by atomic mass is 19.1. The molecule has 138 valence electrons. The van der Waals surface area contributed by atoms with E-state index in [2.05, 4.69) is 14.8 Å². The standard InChI is InChI=1S/C19H24FN5O/c1-22-14-21-9-17(22)10-24-7-6-19(12-24)13-25(18(26)11-23(19)2)16-5-3-4-15(20)8-16/h3-5,8-9,14H,6-7,10-13H2,1-2H3. The molecule has 4 rings (SSSR count). The normalized spacial score (nSPS) is 24.7. The second-order valence-electron chi connectivity index (χ2n) is 7.50.